The van der Waals surface area contributed by atoms with Gasteiger partial charge in [0.1, 0.15) is 0 Å². The lowest BCUT2D eigenvalue weighted by atomic mass is 9.96. The lowest BCUT2D eigenvalue weighted by Crippen LogP contribution is -2.15. The highest BCUT2D eigenvalue weighted by molar-refractivity contribution is 6.42. The molecule has 0 aliphatic heterocycles. The van der Waals surface area contributed by atoms with E-state index in [1.165, 1.54) is 5.56 Å². The molecule has 1 heterocycles. The van der Waals surface area contributed by atoms with Gasteiger partial charge in [0, 0.05) is 16.6 Å². The Labute approximate surface area is 179 Å². The standard InChI is InChI=1S/C24H18Cl2N2O/c1-14-7-9-16(10-8-14)23-15(2)22(18-5-3-4-6-21(18)28-23)24(29)27-17-11-12-19(25)20(26)13-17/h3-13H,1-2H3,(H,27,29). The molecule has 0 radical (unpaired) electrons. The Morgan fingerprint density at radius 2 is 1.62 bits per heavy atom. The van der Waals surface area contributed by atoms with Crippen molar-refractivity contribution >= 4 is 45.7 Å². The number of benzene rings is 3. The fourth-order valence-electron chi connectivity index (χ4n) is 3.36. The minimum atomic E-state index is -0.215. The minimum Gasteiger partial charge on any atom is -0.322 e. The summed E-state index contributed by atoms with van der Waals surface area (Å²) in [5.74, 6) is -0.215. The van der Waals surface area contributed by atoms with Gasteiger partial charge in [0.05, 0.1) is 26.8 Å². The molecule has 0 aliphatic carbocycles. The van der Waals surface area contributed by atoms with Crippen LogP contribution < -0.4 is 5.32 Å². The van der Waals surface area contributed by atoms with Crippen molar-refractivity contribution < 1.29 is 4.79 Å². The highest BCUT2D eigenvalue weighted by Gasteiger charge is 2.19. The number of aromatic nitrogens is 1. The summed E-state index contributed by atoms with van der Waals surface area (Å²) in [6, 6.07) is 20.8. The van der Waals surface area contributed by atoms with Gasteiger partial charge in [-0.3, -0.25) is 4.79 Å². The van der Waals surface area contributed by atoms with Gasteiger partial charge in [-0.25, -0.2) is 4.98 Å². The number of carbonyl (C=O) groups excluding carboxylic acids is 1. The molecule has 1 aromatic heterocycles. The maximum atomic E-state index is 13.3. The molecule has 144 valence electrons. The van der Waals surface area contributed by atoms with Crippen molar-refractivity contribution in [3.8, 4) is 11.3 Å². The Kier molecular flexibility index (Phi) is 5.27. The van der Waals surface area contributed by atoms with E-state index >= 15 is 0 Å². The van der Waals surface area contributed by atoms with E-state index in [2.05, 4.69) is 5.32 Å². The third kappa shape index (κ3) is 3.84. The van der Waals surface area contributed by atoms with E-state index < -0.39 is 0 Å². The predicted octanol–water partition coefficient (Wildman–Crippen LogP) is 7.08. The monoisotopic (exact) mass is 420 g/mol. The number of rotatable bonds is 3. The van der Waals surface area contributed by atoms with E-state index in [0.29, 0.717) is 21.3 Å². The van der Waals surface area contributed by atoms with Crippen molar-refractivity contribution in [3.05, 3.63) is 93.5 Å². The second-order valence-corrected chi connectivity index (χ2v) is 7.74. The molecule has 3 aromatic carbocycles. The highest BCUT2D eigenvalue weighted by atomic mass is 35.5. The fraction of sp³-hybridized carbons (Fsp3) is 0.0833. The largest absolute Gasteiger partial charge is 0.322 e. The summed E-state index contributed by atoms with van der Waals surface area (Å²) in [4.78, 5) is 18.1. The first kappa shape index (κ1) is 19.4. The number of halogens is 2. The number of hydrogen-bond donors (Lipinski definition) is 1. The summed E-state index contributed by atoms with van der Waals surface area (Å²) in [5.41, 5.74) is 5.71. The molecule has 0 saturated carbocycles. The van der Waals surface area contributed by atoms with Gasteiger partial charge in [-0.2, -0.15) is 0 Å². The zero-order valence-electron chi connectivity index (χ0n) is 16.0. The smallest absolute Gasteiger partial charge is 0.256 e. The normalized spacial score (nSPS) is 10.9. The molecular formula is C24H18Cl2N2O. The number of nitrogens with zero attached hydrogens (tertiary/aromatic N) is 1. The molecule has 4 rings (SSSR count). The number of hydrogen-bond acceptors (Lipinski definition) is 2. The van der Waals surface area contributed by atoms with Crippen LogP contribution in [0.3, 0.4) is 0 Å². The van der Waals surface area contributed by atoms with Crippen LogP contribution in [0, 0.1) is 13.8 Å². The van der Waals surface area contributed by atoms with Crippen molar-refractivity contribution in [1.29, 1.82) is 0 Å². The number of pyridine rings is 1. The maximum Gasteiger partial charge on any atom is 0.256 e. The minimum absolute atomic E-state index is 0.215. The van der Waals surface area contributed by atoms with Crippen LogP contribution in [0.2, 0.25) is 10.0 Å². The van der Waals surface area contributed by atoms with E-state index in [1.807, 2.05) is 62.4 Å². The van der Waals surface area contributed by atoms with Crippen LogP contribution in [0.15, 0.2) is 66.7 Å². The van der Waals surface area contributed by atoms with Gasteiger partial charge in [-0.05, 0) is 43.7 Å². The molecule has 5 heteroatoms. The predicted molar refractivity (Wildman–Crippen MR) is 121 cm³/mol. The van der Waals surface area contributed by atoms with Gasteiger partial charge < -0.3 is 5.32 Å². The fourth-order valence-corrected chi connectivity index (χ4v) is 3.66. The van der Waals surface area contributed by atoms with Gasteiger partial charge >= 0.3 is 0 Å². The van der Waals surface area contributed by atoms with Crippen molar-refractivity contribution in [1.82, 2.24) is 4.98 Å². The zero-order chi connectivity index (χ0) is 20.5. The Morgan fingerprint density at radius 3 is 2.34 bits per heavy atom. The van der Waals surface area contributed by atoms with E-state index in [1.54, 1.807) is 18.2 Å². The van der Waals surface area contributed by atoms with Crippen LogP contribution in [0.4, 0.5) is 5.69 Å². The molecule has 4 aromatic rings. The number of carbonyl (C=O) groups is 1. The Bertz CT molecular complexity index is 1230. The SMILES string of the molecule is Cc1ccc(-c2nc3ccccc3c(C(=O)Nc3ccc(Cl)c(Cl)c3)c2C)cc1. The van der Waals surface area contributed by atoms with E-state index in [0.717, 1.165) is 27.7 Å². The van der Waals surface area contributed by atoms with Gasteiger partial charge in [0.2, 0.25) is 0 Å². The molecule has 0 fully saturated rings. The summed E-state index contributed by atoms with van der Waals surface area (Å²) < 4.78 is 0. The van der Waals surface area contributed by atoms with Crippen molar-refractivity contribution in [3.63, 3.8) is 0 Å². The first-order chi connectivity index (χ1) is 13.9. The molecule has 29 heavy (non-hydrogen) atoms. The number of aryl methyl sites for hydroxylation is 1. The van der Waals surface area contributed by atoms with Crippen LogP contribution >= 0.6 is 23.2 Å². The van der Waals surface area contributed by atoms with Crippen LogP contribution in [0.5, 0.6) is 0 Å². The molecule has 0 atom stereocenters. The number of fused-ring (bicyclic) bond motifs is 1. The first-order valence-corrected chi connectivity index (χ1v) is 9.92. The highest BCUT2D eigenvalue weighted by Crippen LogP contribution is 2.31. The summed E-state index contributed by atoms with van der Waals surface area (Å²) >= 11 is 12.1. The van der Waals surface area contributed by atoms with E-state index in [4.69, 9.17) is 28.2 Å². The lowest BCUT2D eigenvalue weighted by molar-refractivity contribution is 0.102. The molecule has 1 amide bonds. The van der Waals surface area contributed by atoms with Crippen molar-refractivity contribution in [2.24, 2.45) is 0 Å². The molecule has 0 unspecified atom stereocenters. The lowest BCUT2D eigenvalue weighted by Gasteiger charge is -2.15. The first-order valence-electron chi connectivity index (χ1n) is 9.17. The third-order valence-corrected chi connectivity index (χ3v) is 5.60. The number of anilines is 1. The average molecular weight is 421 g/mol. The van der Waals surface area contributed by atoms with Crippen LogP contribution in [-0.2, 0) is 0 Å². The maximum absolute atomic E-state index is 13.3. The summed E-state index contributed by atoms with van der Waals surface area (Å²) in [5, 5.41) is 4.57. The summed E-state index contributed by atoms with van der Waals surface area (Å²) in [6.45, 7) is 3.97. The topological polar surface area (TPSA) is 42.0 Å². The van der Waals surface area contributed by atoms with Gasteiger partial charge in [0.25, 0.3) is 5.91 Å². The number of amides is 1. The van der Waals surface area contributed by atoms with Crippen LogP contribution in [0.1, 0.15) is 21.5 Å². The van der Waals surface area contributed by atoms with Crippen molar-refractivity contribution in [2.75, 3.05) is 5.32 Å². The van der Waals surface area contributed by atoms with E-state index in [-0.39, 0.29) is 5.91 Å². The molecule has 0 spiro atoms. The van der Waals surface area contributed by atoms with Gasteiger partial charge in [-0.1, -0.05) is 71.2 Å². The second kappa shape index (κ2) is 7.86. The van der Waals surface area contributed by atoms with E-state index in [9.17, 15) is 4.79 Å². The Hall–Kier alpha value is -2.88. The van der Waals surface area contributed by atoms with Gasteiger partial charge in [-0.15, -0.1) is 0 Å². The molecule has 1 N–H and O–H groups in total. The molecule has 3 nitrogen and oxygen atoms in total. The van der Waals surface area contributed by atoms with Crippen LogP contribution in [0.25, 0.3) is 22.2 Å². The summed E-state index contributed by atoms with van der Waals surface area (Å²) in [7, 11) is 0. The van der Waals surface area contributed by atoms with Crippen LogP contribution in [-0.4, -0.2) is 10.9 Å². The summed E-state index contributed by atoms with van der Waals surface area (Å²) in [6.07, 6.45) is 0. The zero-order valence-corrected chi connectivity index (χ0v) is 17.5. The Morgan fingerprint density at radius 1 is 0.897 bits per heavy atom. The molecular weight excluding hydrogens is 403 g/mol. The quantitative estimate of drug-likeness (QED) is 0.384. The van der Waals surface area contributed by atoms with Crippen molar-refractivity contribution in [2.45, 2.75) is 13.8 Å². The van der Waals surface area contributed by atoms with Gasteiger partial charge in [0.15, 0.2) is 0 Å². The Balaban J connectivity index is 1.85. The third-order valence-electron chi connectivity index (χ3n) is 4.87. The molecule has 0 saturated heterocycles. The molecule has 0 bridgehead atoms. The number of nitrogens with one attached hydrogen (secondary N) is 1. The second-order valence-electron chi connectivity index (χ2n) is 6.93. The number of para-hydroxylation sites is 1. The average Bonchev–Trinajstić information content (AvgIpc) is 2.71. The molecule has 0 aliphatic rings.